The largest absolute Gasteiger partial charge is 0.480 e. The molecule has 2 rings (SSSR count). The highest BCUT2D eigenvalue weighted by atomic mass is 16.4. The number of nitrogens with one attached hydrogen (secondary N) is 1. The van der Waals surface area contributed by atoms with Crippen LogP contribution in [0, 0.1) is 0 Å². The molecule has 0 spiro atoms. The van der Waals surface area contributed by atoms with Gasteiger partial charge in [0.05, 0.1) is 5.56 Å². The minimum Gasteiger partial charge on any atom is -0.480 e. The number of aliphatic carboxylic acids is 1. The zero-order chi connectivity index (χ0) is 11.7. The molecule has 0 aromatic heterocycles. The first-order valence-corrected chi connectivity index (χ1v) is 4.93. The summed E-state index contributed by atoms with van der Waals surface area (Å²) >= 11 is 0. The minimum absolute atomic E-state index is 0.231. The van der Waals surface area contributed by atoms with Crippen LogP contribution in [0.15, 0.2) is 18.2 Å². The van der Waals surface area contributed by atoms with Crippen LogP contribution in [0.2, 0.25) is 0 Å². The minimum atomic E-state index is -0.969. The van der Waals surface area contributed by atoms with E-state index in [1.807, 2.05) is 0 Å². The van der Waals surface area contributed by atoms with Crippen molar-refractivity contribution in [3.8, 4) is 0 Å². The van der Waals surface area contributed by atoms with Gasteiger partial charge in [0.2, 0.25) is 0 Å². The number of hydrogen-bond donors (Lipinski definition) is 3. The summed E-state index contributed by atoms with van der Waals surface area (Å²) in [6.07, 6.45) is 1.06. The Bertz CT molecular complexity index is 455. The van der Waals surface area contributed by atoms with E-state index in [1.165, 1.54) is 6.07 Å². The molecular weight excluding hydrogens is 210 g/mol. The molecule has 1 heterocycles. The topological polar surface area (TPSA) is 86.6 Å². The molecule has 84 valence electrons. The SMILES string of the molecule is O=C(O)c1ccc2c(c1)CC[C@H](C(=O)O)N2. The molecule has 0 bridgehead atoms. The van der Waals surface area contributed by atoms with Gasteiger partial charge in [-0.2, -0.15) is 0 Å². The second-order valence-electron chi connectivity index (χ2n) is 3.75. The van der Waals surface area contributed by atoms with E-state index in [0.717, 1.165) is 5.56 Å². The summed E-state index contributed by atoms with van der Waals surface area (Å²) in [5.41, 5.74) is 1.80. The van der Waals surface area contributed by atoms with Crippen LogP contribution in [0.4, 0.5) is 5.69 Å². The molecule has 5 heteroatoms. The Kier molecular flexibility index (Phi) is 2.52. The summed E-state index contributed by atoms with van der Waals surface area (Å²) < 4.78 is 0. The van der Waals surface area contributed by atoms with Crippen molar-refractivity contribution in [3.63, 3.8) is 0 Å². The Labute approximate surface area is 91.7 Å². The van der Waals surface area contributed by atoms with Gasteiger partial charge in [0.15, 0.2) is 0 Å². The van der Waals surface area contributed by atoms with Gasteiger partial charge in [-0.25, -0.2) is 9.59 Å². The van der Waals surface area contributed by atoms with Crippen molar-refractivity contribution in [1.82, 2.24) is 0 Å². The number of aryl methyl sites for hydroxylation is 1. The highest BCUT2D eigenvalue weighted by Gasteiger charge is 2.23. The average Bonchev–Trinajstić information content (AvgIpc) is 2.27. The van der Waals surface area contributed by atoms with Crippen LogP contribution in [0.1, 0.15) is 22.3 Å². The van der Waals surface area contributed by atoms with E-state index >= 15 is 0 Å². The summed E-state index contributed by atoms with van der Waals surface area (Å²) in [4.78, 5) is 21.5. The van der Waals surface area contributed by atoms with E-state index < -0.39 is 18.0 Å². The molecule has 0 aliphatic carbocycles. The van der Waals surface area contributed by atoms with Gasteiger partial charge in [0, 0.05) is 5.69 Å². The quantitative estimate of drug-likeness (QED) is 0.698. The molecular formula is C11H11NO4. The summed E-state index contributed by atoms with van der Waals surface area (Å²) in [5.74, 6) is -1.85. The maximum absolute atomic E-state index is 10.8. The maximum Gasteiger partial charge on any atom is 0.335 e. The number of aromatic carboxylic acids is 1. The zero-order valence-electron chi connectivity index (χ0n) is 8.43. The molecule has 0 radical (unpaired) electrons. The molecule has 0 saturated heterocycles. The van der Waals surface area contributed by atoms with Crippen molar-refractivity contribution >= 4 is 17.6 Å². The maximum atomic E-state index is 10.8. The molecule has 5 nitrogen and oxygen atoms in total. The third-order valence-electron chi connectivity index (χ3n) is 2.68. The number of carbonyl (C=O) groups is 2. The van der Waals surface area contributed by atoms with Crippen LogP contribution >= 0.6 is 0 Å². The van der Waals surface area contributed by atoms with Crippen LogP contribution in [0.5, 0.6) is 0 Å². The highest BCUT2D eigenvalue weighted by molar-refractivity contribution is 5.89. The Hall–Kier alpha value is -2.04. The zero-order valence-corrected chi connectivity index (χ0v) is 8.43. The van der Waals surface area contributed by atoms with Gasteiger partial charge in [0.1, 0.15) is 6.04 Å². The predicted molar refractivity (Wildman–Crippen MR) is 56.8 cm³/mol. The fourth-order valence-corrected chi connectivity index (χ4v) is 1.82. The van der Waals surface area contributed by atoms with Gasteiger partial charge < -0.3 is 15.5 Å². The summed E-state index contributed by atoms with van der Waals surface area (Å²) in [6.45, 7) is 0. The molecule has 1 aromatic carbocycles. The standard InChI is InChI=1S/C11H11NO4/c13-10(14)7-2-3-8-6(5-7)1-4-9(12-8)11(15)16/h2-3,5,9,12H,1,4H2,(H,13,14)(H,15,16)/t9-/m1/s1. The number of carboxylic acid groups (broad SMARTS) is 2. The first-order valence-electron chi connectivity index (χ1n) is 4.93. The Morgan fingerprint density at radius 1 is 1.31 bits per heavy atom. The lowest BCUT2D eigenvalue weighted by Crippen LogP contribution is -2.33. The number of carboxylic acids is 2. The second-order valence-corrected chi connectivity index (χ2v) is 3.75. The molecule has 0 saturated carbocycles. The average molecular weight is 221 g/mol. The Morgan fingerprint density at radius 2 is 2.06 bits per heavy atom. The molecule has 0 unspecified atom stereocenters. The van der Waals surface area contributed by atoms with E-state index in [4.69, 9.17) is 10.2 Å². The van der Waals surface area contributed by atoms with Crippen molar-refractivity contribution in [2.45, 2.75) is 18.9 Å². The number of rotatable bonds is 2. The third-order valence-corrected chi connectivity index (χ3v) is 2.68. The number of anilines is 1. The van der Waals surface area contributed by atoms with Crippen LogP contribution in [0.25, 0.3) is 0 Å². The van der Waals surface area contributed by atoms with E-state index in [0.29, 0.717) is 18.5 Å². The van der Waals surface area contributed by atoms with Crippen LogP contribution in [0.3, 0.4) is 0 Å². The van der Waals surface area contributed by atoms with Crippen LogP contribution < -0.4 is 5.32 Å². The fourth-order valence-electron chi connectivity index (χ4n) is 1.82. The monoisotopic (exact) mass is 221 g/mol. The van der Waals surface area contributed by atoms with Crippen LogP contribution in [-0.2, 0) is 11.2 Å². The number of hydrogen-bond acceptors (Lipinski definition) is 3. The molecule has 3 N–H and O–H groups in total. The third kappa shape index (κ3) is 1.84. The molecule has 0 amide bonds. The number of fused-ring (bicyclic) bond motifs is 1. The van der Waals surface area contributed by atoms with E-state index in [-0.39, 0.29) is 5.56 Å². The van der Waals surface area contributed by atoms with Gasteiger partial charge in [-0.1, -0.05) is 0 Å². The molecule has 1 aliphatic heterocycles. The van der Waals surface area contributed by atoms with Gasteiger partial charge in [-0.3, -0.25) is 0 Å². The molecule has 1 aliphatic rings. The van der Waals surface area contributed by atoms with Crippen molar-refractivity contribution in [3.05, 3.63) is 29.3 Å². The Balaban J connectivity index is 2.29. The second kappa shape index (κ2) is 3.84. The van der Waals surface area contributed by atoms with Crippen LogP contribution in [-0.4, -0.2) is 28.2 Å². The lowest BCUT2D eigenvalue weighted by Gasteiger charge is -2.24. The summed E-state index contributed by atoms with van der Waals surface area (Å²) in [6, 6.07) is 4.10. The highest BCUT2D eigenvalue weighted by Crippen LogP contribution is 2.25. The smallest absolute Gasteiger partial charge is 0.335 e. The van der Waals surface area contributed by atoms with Crippen molar-refractivity contribution in [2.24, 2.45) is 0 Å². The molecule has 0 fully saturated rings. The molecule has 1 atom stereocenters. The van der Waals surface area contributed by atoms with E-state index in [1.54, 1.807) is 12.1 Å². The van der Waals surface area contributed by atoms with Crippen molar-refractivity contribution in [2.75, 3.05) is 5.32 Å². The number of benzene rings is 1. The van der Waals surface area contributed by atoms with E-state index in [2.05, 4.69) is 5.32 Å². The van der Waals surface area contributed by atoms with E-state index in [9.17, 15) is 9.59 Å². The molecule has 1 aromatic rings. The lowest BCUT2D eigenvalue weighted by atomic mass is 9.96. The van der Waals surface area contributed by atoms with Gasteiger partial charge in [0.25, 0.3) is 0 Å². The van der Waals surface area contributed by atoms with Gasteiger partial charge in [-0.05, 0) is 36.6 Å². The fraction of sp³-hybridized carbons (Fsp3) is 0.273. The summed E-state index contributed by atoms with van der Waals surface area (Å²) in [7, 11) is 0. The first-order chi connectivity index (χ1) is 7.58. The van der Waals surface area contributed by atoms with Gasteiger partial charge >= 0.3 is 11.9 Å². The lowest BCUT2D eigenvalue weighted by molar-refractivity contribution is -0.138. The van der Waals surface area contributed by atoms with Crippen molar-refractivity contribution < 1.29 is 19.8 Å². The van der Waals surface area contributed by atoms with Gasteiger partial charge in [-0.15, -0.1) is 0 Å². The molecule has 16 heavy (non-hydrogen) atoms. The first kappa shape index (κ1) is 10.5. The predicted octanol–water partition coefficient (Wildman–Crippen LogP) is 1.20. The normalized spacial score (nSPS) is 18.4. The Morgan fingerprint density at radius 3 is 2.69 bits per heavy atom. The summed E-state index contributed by atoms with van der Waals surface area (Å²) in [5, 5.41) is 20.5. The van der Waals surface area contributed by atoms with Crippen molar-refractivity contribution in [1.29, 1.82) is 0 Å².